The summed E-state index contributed by atoms with van der Waals surface area (Å²) in [7, 11) is 0. The molecule has 1 fully saturated rings. The molecule has 0 aromatic heterocycles. The first kappa shape index (κ1) is 11.0. The summed E-state index contributed by atoms with van der Waals surface area (Å²) >= 11 is 0. The maximum atomic E-state index is 5.34. The quantitative estimate of drug-likeness (QED) is 0.498. The lowest BCUT2D eigenvalue weighted by Gasteiger charge is -2.29. The summed E-state index contributed by atoms with van der Waals surface area (Å²) in [5.74, 6) is -0.00425. The van der Waals surface area contributed by atoms with Crippen molar-refractivity contribution in [3.8, 4) is 0 Å². The molecular weight excluding hydrogens is 186 g/mol. The second kappa shape index (κ2) is 3.61. The predicted molar refractivity (Wildman–Crippen MR) is 65.3 cm³/mol. The van der Waals surface area contributed by atoms with Crippen molar-refractivity contribution >= 4 is 5.96 Å². The van der Waals surface area contributed by atoms with E-state index in [1.165, 1.54) is 0 Å². The lowest BCUT2D eigenvalue weighted by molar-refractivity contribution is 0.890. The Kier molecular flexibility index (Phi) is 2.66. The van der Waals surface area contributed by atoms with Crippen LogP contribution in [0.3, 0.4) is 0 Å². The van der Waals surface area contributed by atoms with E-state index in [0.29, 0.717) is 11.1 Å². The monoisotopic (exact) mass is 201 g/mol. The largest absolute Gasteiger partial charge is 0.370 e. The van der Waals surface area contributed by atoms with Crippen LogP contribution in [0.1, 0.15) is 0 Å². The molecular formula is C12H15N3. The average molecular weight is 201 g/mol. The lowest BCUT2D eigenvalue weighted by Crippen LogP contribution is -2.29. The maximum absolute atomic E-state index is 5.34. The summed E-state index contributed by atoms with van der Waals surface area (Å²) in [6.07, 6.45) is 0. The van der Waals surface area contributed by atoms with Gasteiger partial charge in [-0.1, -0.05) is 32.9 Å². The van der Waals surface area contributed by atoms with Crippen molar-refractivity contribution < 1.29 is 0 Å². The van der Waals surface area contributed by atoms with E-state index in [1.54, 1.807) is 0 Å². The molecule has 0 amide bonds. The van der Waals surface area contributed by atoms with Crippen LogP contribution in [-0.4, -0.2) is 12.0 Å². The minimum absolute atomic E-state index is 0.00425. The summed E-state index contributed by atoms with van der Waals surface area (Å²) in [6.45, 7) is 19.4. The zero-order chi connectivity index (χ0) is 11.7. The third-order valence-electron chi connectivity index (χ3n) is 2.44. The molecule has 0 aliphatic heterocycles. The van der Waals surface area contributed by atoms with Gasteiger partial charge in [0, 0.05) is 0 Å². The lowest BCUT2D eigenvalue weighted by atomic mass is 9.78. The van der Waals surface area contributed by atoms with Crippen LogP contribution < -0.4 is 11.5 Å². The van der Waals surface area contributed by atoms with Gasteiger partial charge in [-0.15, -0.1) is 0 Å². The highest BCUT2D eigenvalue weighted by atomic mass is 15.0. The molecule has 0 aromatic rings. The van der Waals surface area contributed by atoms with Crippen molar-refractivity contribution in [3.05, 3.63) is 60.8 Å². The Morgan fingerprint density at radius 3 is 1.60 bits per heavy atom. The van der Waals surface area contributed by atoms with E-state index < -0.39 is 0 Å². The summed E-state index contributed by atoms with van der Waals surface area (Å²) in [5, 5.41) is 0. The summed E-state index contributed by atoms with van der Waals surface area (Å²) in [4.78, 5) is 4.04. The Labute approximate surface area is 89.9 Å². The molecule has 1 aliphatic carbocycles. The first-order chi connectivity index (χ1) is 6.86. The van der Waals surface area contributed by atoms with Gasteiger partial charge in [-0.2, -0.15) is 0 Å². The van der Waals surface area contributed by atoms with Gasteiger partial charge in [0.05, 0.1) is 0 Å². The molecule has 0 spiro atoms. The van der Waals surface area contributed by atoms with Crippen LogP contribution in [-0.2, 0) is 0 Å². The van der Waals surface area contributed by atoms with E-state index in [4.69, 9.17) is 11.5 Å². The van der Waals surface area contributed by atoms with Gasteiger partial charge < -0.3 is 11.5 Å². The highest BCUT2D eigenvalue weighted by Gasteiger charge is 2.28. The minimum Gasteiger partial charge on any atom is -0.370 e. The molecule has 0 saturated heterocycles. The number of hydrogen-bond donors (Lipinski definition) is 2. The topological polar surface area (TPSA) is 64.4 Å². The van der Waals surface area contributed by atoms with Crippen molar-refractivity contribution in [1.29, 1.82) is 0 Å². The number of allylic oxidation sites excluding steroid dienone is 1. The van der Waals surface area contributed by atoms with Gasteiger partial charge in [0.2, 0.25) is 0 Å². The van der Waals surface area contributed by atoms with Gasteiger partial charge in [0.1, 0.15) is 6.04 Å². The summed E-state index contributed by atoms with van der Waals surface area (Å²) in [6, 6.07) is -0.361. The molecule has 1 rings (SSSR count). The smallest absolute Gasteiger partial charge is 0.186 e. The predicted octanol–water partition coefficient (Wildman–Crippen LogP) is 1.42. The summed E-state index contributed by atoms with van der Waals surface area (Å²) in [5.41, 5.74) is 14.3. The van der Waals surface area contributed by atoms with E-state index >= 15 is 0 Å². The van der Waals surface area contributed by atoms with Crippen LogP contribution in [0.5, 0.6) is 0 Å². The molecule has 1 aliphatic rings. The Bertz CT molecular complexity index is 390. The molecule has 1 saturated carbocycles. The molecule has 0 atom stereocenters. The van der Waals surface area contributed by atoms with Crippen LogP contribution >= 0.6 is 0 Å². The van der Waals surface area contributed by atoms with Crippen molar-refractivity contribution in [3.63, 3.8) is 0 Å². The fraction of sp³-hybridized carbons (Fsp3) is 0.0833. The Morgan fingerprint density at radius 2 is 1.27 bits per heavy atom. The minimum atomic E-state index is -0.361. The maximum Gasteiger partial charge on any atom is 0.186 e. The second-order valence-electron chi connectivity index (χ2n) is 3.44. The van der Waals surface area contributed by atoms with Crippen molar-refractivity contribution in [2.75, 3.05) is 0 Å². The number of nitrogens with zero attached hydrogens (tertiary/aromatic N) is 1. The van der Waals surface area contributed by atoms with Gasteiger partial charge in [-0.3, -0.25) is 0 Å². The van der Waals surface area contributed by atoms with Gasteiger partial charge in [-0.25, -0.2) is 4.99 Å². The van der Waals surface area contributed by atoms with E-state index in [1.807, 2.05) is 0 Å². The molecule has 0 aromatic carbocycles. The molecule has 4 N–H and O–H groups in total. The Morgan fingerprint density at radius 1 is 0.867 bits per heavy atom. The Balaban J connectivity index is 3.20. The molecule has 0 bridgehead atoms. The van der Waals surface area contributed by atoms with Crippen molar-refractivity contribution in [1.82, 2.24) is 0 Å². The zero-order valence-electron chi connectivity index (χ0n) is 8.71. The van der Waals surface area contributed by atoms with Crippen molar-refractivity contribution in [2.45, 2.75) is 6.04 Å². The van der Waals surface area contributed by atoms with Crippen LogP contribution in [0.15, 0.2) is 65.8 Å². The molecule has 15 heavy (non-hydrogen) atoms. The van der Waals surface area contributed by atoms with Crippen molar-refractivity contribution in [2.24, 2.45) is 16.5 Å². The van der Waals surface area contributed by atoms with Gasteiger partial charge in [0.25, 0.3) is 0 Å². The SMILES string of the molecule is C=C1C(=C)C(=C)C(N=C(N)N)C(=C)C1=C. The van der Waals surface area contributed by atoms with Gasteiger partial charge in [0.15, 0.2) is 5.96 Å². The first-order valence-electron chi connectivity index (χ1n) is 4.40. The highest BCUT2D eigenvalue weighted by molar-refractivity contribution is 5.78. The third-order valence-corrected chi connectivity index (χ3v) is 2.44. The van der Waals surface area contributed by atoms with E-state index in [0.717, 1.165) is 16.7 Å². The number of guanidine groups is 1. The fourth-order valence-corrected chi connectivity index (χ4v) is 1.42. The summed E-state index contributed by atoms with van der Waals surface area (Å²) < 4.78 is 0. The normalized spacial score (nSPS) is 18.3. The first-order valence-corrected chi connectivity index (χ1v) is 4.40. The van der Waals surface area contributed by atoms with E-state index in [-0.39, 0.29) is 12.0 Å². The number of aliphatic imine (C=N–C) groups is 1. The van der Waals surface area contributed by atoms with Gasteiger partial charge in [-0.05, 0) is 27.9 Å². The molecule has 3 heteroatoms. The molecule has 3 nitrogen and oxygen atoms in total. The Hall–Kier alpha value is -2.03. The molecule has 78 valence electrons. The van der Waals surface area contributed by atoms with E-state index in [9.17, 15) is 0 Å². The molecule has 0 unspecified atom stereocenters. The van der Waals surface area contributed by atoms with Crippen LogP contribution in [0, 0.1) is 0 Å². The van der Waals surface area contributed by atoms with Gasteiger partial charge >= 0.3 is 0 Å². The second-order valence-corrected chi connectivity index (χ2v) is 3.44. The average Bonchev–Trinajstić information content (AvgIpc) is 2.18. The highest BCUT2D eigenvalue weighted by Crippen LogP contribution is 2.38. The standard InChI is InChI=1S/C12H15N3/c1-6-7(2)9(4)11(15-12(13)14)10(5)8(6)3/h11H,1-5H2,(H4,13,14,15). The van der Waals surface area contributed by atoms with Crippen LogP contribution in [0.2, 0.25) is 0 Å². The third kappa shape index (κ3) is 1.76. The number of rotatable bonds is 1. The van der Waals surface area contributed by atoms with E-state index in [2.05, 4.69) is 37.9 Å². The fourth-order valence-electron chi connectivity index (χ4n) is 1.42. The molecule has 0 radical (unpaired) electrons. The number of hydrogen-bond acceptors (Lipinski definition) is 1. The zero-order valence-corrected chi connectivity index (χ0v) is 8.71. The number of nitrogens with two attached hydrogens (primary N) is 2. The van der Waals surface area contributed by atoms with Crippen LogP contribution in [0.25, 0.3) is 0 Å². The van der Waals surface area contributed by atoms with Crippen LogP contribution in [0.4, 0.5) is 0 Å². The molecule has 0 heterocycles.